The molecule has 1 aromatic rings. The van der Waals surface area contributed by atoms with Gasteiger partial charge < -0.3 is 4.74 Å². The van der Waals surface area contributed by atoms with Crippen LogP contribution in [0, 0.1) is 0 Å². The van der Waals surface area contributed by atoms with Crippen molar-refractivity contribution in [2.24, 2.45) is 4.99 Å². The molecule has 1 aliphatic heterocycles. The van der Waals surface area contributed by atoms with Crippen molar-refractivity contribution in [2.75, 3.05) is 0 Å². The number of aliphatic imine (C=N–C) groups is 1. The van der Waals surface area contributed by atoms with E-state index in [2.05, 4.69) is 9.98 Å². The summed E-state index contributed by atoms with van der Waals surface area (Å²) in [6.45, 7) is 0. The number of hydrogen-bond donors (Lipinski definition) is 0. The maximum atomic E-state index is 5.13. The smallest absolute Gasteiger partial charge is 0.227 e. The minimum Gasteiger partial charge on any atom is -0.444 e. The molecule has 11 heavy (non-hydrogen) atoms. The van der Waals surface area contributed by atoms with E-state index in [9.17, 15) is 0 Å². The molecule has 2 rings (SSSR count). The summed E-state index contributed by atoms with van der Waals surface area (Å²) < 4.78 is 5.13. The van der Waals surface area contributed by atoms with Crippen LogP contribution in [0.4, 0.5) is 0 Å². The van der Waals surface area contributed by atoms with Crippen molar-refractivity contribution in [2.45, 2.75) is 0 Å². The van der Waals surface area contributed by atoms with E-state index in [1.165, 1.54) is 6.26 Å². The van der Waals surface area contributed by atoms with Crippen molar-refractivity contribution in [1.29, 1.82) is 0 Å². The van der Waals surface area contributed by atoms with Gasteiger partial charge in [-0.2, -0.15) is 0 Å². The summed E-state index contributed by atoms with van der Waals surface area (Å²) in [5, 5.41) is 0. The first kappa shape index (κ1) is 6.09. The van der Waals surface area contributed by atoms with E-state index < -0.39 is 0 Å². The highest BCUT2D eigenvalue weighted by Gasteiger charge is 2.00. The summed E-state index contributed by atoms with van der Waals surface area (Å²) in [5.41, 5.74) is 0.900. The molecule has 0 unspecified atom stereocenters. The fraction of sp³-hybridized carbons (Fsp3) is 0. The second-order valence-electron chi connectivity index (χ2n) is 2.08. The topological polar surface area (TPSA) is 34.5 Å². The Labute approximate surface area is 64.1 Å². The predicted octanol–water partition coefficient (Wildman–Crippen LogP) is 1.36. The van der Waals surface area contributed by atoms with Crippen molar-refractivity contribution in [3.8, 4) is 5.88 Å². The van der Waals surface area contributed by atoms with E-state index in [0.29, 0.717) is 5.88 Å². The lowest BCUT2D eigenvalue weighted by molar-refractivity contribution is 0.461. The molecule has 0 aromatic carbocycles. The van der Waals surface area contributed by atoms with Gasteiger partial charge in [0.25, 0.3) is 0 Å². The number of aromatic nitrogens is 1. The maximum Gasteiger partial charge on any atom is 0.227 e. The highest BCUT2D eigenvalue weighted by molar-refractivity contribution is 5.83. The average molecular weight is 146 g/mol. The van der Waals surface area contributed by atoms with Crippen LogP contribution >= 0.6 is 0 Å². The van der Waals surface area contributed by atoms with Crippen LogP contribution in [-0.2, 0) is 0 Å². The van der Waals surface area contributed by atoms with Crippen LogP contribution in [0.15, 0.2) is 35.8 Å². The van der Waals surface area contributed by atoms with Gasteiger partial charge in [0.15, 0.2) is 0 Å². The summed E-state index contributed by atoms with van der Waals surface area (Å²) in [4.78, 5) is 7.96. The number of pyridine rings is 1. The molecule has 54 valence electrons. The Balaban J connectivity index is 2.52. The normalized spacial score (nSPS) is 13.5. The number of nitrogens with zero attached hydrogens (tertiary/aromatic N) is 2. The van der Waals surface area contributed by atoms with Crippen LogP contribution < -0.4 is 4.74 Å². The van der Waals surface area contributed by atoms with Crippen LogP contribution in [0.25, 0.3) is 0 Å². The number of fused-ring (bicyclic) bond motifs is 1. The molecule has 1 aromatic heterocycles. The number of hydrogen-bond acceptors (Lipinski definition) is 3. The Morgan fingerprint density at radius 3 is 3.36 bits per heavy atom. The zero-order chi connectivity index (χ0) is 7.52. The third kappa shape index (κ3) is 1.12. The van der Waals surface area contributed by atoms with E-state index in [1.807, 2.05) is 12.1 Å². The molecule has 0 aliphatic carbocycles. The van der Waals surface area contributed by atoms with Crippen LogP contribution in [0.1, 0.15) is 5.56 Å². The fourth-order valence-corrected chi connectivity index (χ4v) is 0.853. The molecule has 0 N–H and O–H groups in total. The van der Waals surface area contributed by atoms with E-state index in [1.54, 1.807) is 18.6 Å². The Morgan fingerprint density at radius 1 is 1.36 bits per heavy atom. The fourth-order valence-electron chi connectivity index (χ4n) is 0.853. The number of rotatable bonds is 0. The summed E-state index contributed by atoms with van der Waals surface area (Å²) in [5.74, 6) is 0.602. The zero-order valence-corrected chi connectivity index (χ0v) is 5.77. The molecule has 0 saturated carbocycles. The molecule has 0 spiro atoms. The minimum absolute atomic E-state index is 0.602. The van der Waals surface area contributed by atoms with E-state index >= 15 is 0 Å². The maximum absolute atomic E-state index is 5.13. The molecule has 0 radical (unpaired) electrons. The van der Waals surface area contributed by atoms with Crippen LogP contribution in [-0.4, -0.2) is 11.2 Å². The Hall–Kier alpha value is -1.64. The highest BCUT2D eigenvalue weighted by Crippen LogP contribution is 2.13. The van der Waals surface area contributed by atoms with Gasteiger partial charge in [-0.3, -0.25) is 4.99 Å². The largest absolute Gasteiger partial charge is 0.444 e. The van der Waals surface area contributed by atoms with Gasteiger partial charge in [-0.1, -0.05) is 0 Å². The lowest BCUT2D eigenvalue weighted by Gasteiger charge is -1.98. The van der Waals surface area contributed by atoms with Gasteiger partial charge in [-0.05, 0) is 12.1 Å². The van der Waals surface area contributed by atoms with Gasteiger partial charge in [0.2, 0.25) is 5.88 Å². The van der Waals surface area contributed by atoms with Crippen LogP contribution in [0.2, 0.25) is 0 Å². The van der Waals surface area contributed by atoms with E-state index in [0.717, 1.165) is 5.56 Å². The van der Waals surface area contributed by atoms with Gasteiger partial charge >= 0.3 is 0 Å². The molecule has 2 heterocycles. The minimum atomic E-state index is 0.602. The van der Waals surface area contributed by atoms with Crippen molar-refractivity contribution in [3.05, 3.63) is 36.4 Å². The monoisotopic (exact) mass is 146 g/mol. The summed E-state index contributed by atoms with van der Waals surface area (Å²) in [7, 11) is 0. The van der Waals surface area contributed by atoms with Gasteiger partial charge in [0, 0.05) is 12.4 Å². The van der Waals surface area contributed by atoms with Crippen molar-refractivity contribution in [1.82, 2.24) is 4.98 Å². The Bertz CT molecular complexity index is 318. The van der Waals surface area contributed by atoms with E-state index in [4.69, 9.17) is 4.74 Å². The Morgan fingerprint density at radius 2 is 2.36 bits per heavy atom. The molecule has 0 fully saturated rings. The van der Waals surface area contributed by atoms with Crippen molar-refractivity contribution >= 4 is 6.21 Å². The summed E-state index contributed by atoms with van der Waals surface area (Å²) in [6, 6.07) is 3.75. The van der Waals surface area contributed by atoms with Crippen LogP contribution in [0.3, 0.4) is 0 Å². The van der Waals surface area contributed by atoms with Gasteiger partial charge in [0.1, 0.15) is 6.26 Å². The predicted molar refractivity (Wildman–Crippen MR) is 41.6 cm³/mol. The molecular formula is C8H6N2O. The SMILES string of the molecule is C1=COc2ncccc2C=N1. The molecule has 3 nitrogen and oxygen atoms in total. The standard InChI is InChI=1S/C8H6N2O/c1-2-7-6-9-4-5-11-8(7)10-3-1/h1-6H. The van der Waals surface area contributed by atoms with Crippen LogP contribution in [0.5, 0.6) is 5.88 Å². The van der Waals surface area contributed by atoms with Gasteiger partial charge in [-0.15, -0.1) is 0 Å². The third-order valence-corrected chi connectivity index (χ3v) is 1.34. The molecule has 0 atom stereocenters. The molecule has 0 bridgehead atoms. The van der Waals surface area contributed by atoms with Gasteiger partial charge in [-0.25, -0.2) is 4.98 Å². The molecule has 0 amide bonds. The Kier molecular flexibility index (Phi) is 1.41. The molecular weight excluding hydrogens is 140 g/mol. The lowest BCUT2D eigenvalue weighted by atomic mass is 10.3. The van der Waals surface area contributed by atoms with Crippen molar-refractivity contribution < 1.29 is 4.74 Å². The average Bonchev–Trinajstić information content (AvgIpc) is 2.28. The second-order valence-corrected chi connectivity index (χ2v) is 2.08. The summed E-state index contributed by atoms with van der Waals surface area (Å²) >= 11 is 0. The summed E-state index contributed by atoms with van der Waals surface area (Å²) in [6.07, 6.45) is 6.49. The first-order chi connectivity index (χ1) is 5.47. The van der Waals surface area contributed by atoms with E-state index in [-0.39, 0.29) is 0 Å². The molecule has 1 aliphatic rings. The quantitative estimate of drug-likeness (QED) is 0.554. The second kappa shape index (κ2) is 2.54. The lowest BCUT2D eigenvalue weighted by Crippen LogP contribution is -1.89. The third-order valence-electron chi connectivity index (χ3n) is 1.34. The zero-order valence-electron chi connectivity index (χ0n) is 5.77. The van der Waals surface area contributed by atoms with Gasteiger partial charge in [0.05, 0.1) is 11.8 Å². The highest BCUT2D eigenvalue weighted by atomic mass is 16.5. The first-order valence-corrected chi connectivity index (χ1v) is 3.27. The molecule has 3 heteroatoms. The molecule has 0 saturated heterocycles. The number of ether oxygens (including phenoxy) is 1. The first-order valence-electron chi connectivity index (χ1n) is 3.27. The van der Waals surface area contributed by atoms with Crippen molar-refractivity contribution in [3.63, 3.8) is 0 Å².